The van der Waals surface area contributed by atoms with Crippen LogP contribution < -0.4 is 5.90 Å². The first-order valence-corrected chi connectivity index (χ1v) is 4.50. The van der Waals surface area contributed by atoms with E-state index in [0.717, 1.165) is 12.2 Å². The van der Waals surface area contributed by atoms with E-state index in [1.807, 2.05) is 11.8 Å². The van der Waals surface area contributed by atoms with Crippen molar-refractivity contribution in [3.8, 4) is 0 Å². The quantitative estimate of drug-likeness (QED) is 0.507. The van der Waals surface area contributed by atoms with E-state index < -0.39 is 0 Å². The molecule has 0 unspecified atom stereocenters. The van der Waals surface area contributed by atoms with Gasteiger partial charge in [0.1, 0.15) is 0 Å². The van der Waals surface area contributed by atoms with Gasteiger partial charge in [-0.15, -0.1) is 0 Å². The summed E-state index contributed by atoms with van der Waals surface area (Å²) < 4.78 is 0.370. The van der Waals surface area contributed by atoms with Crippen LogP contribution >= 0.6 is 11.8 Å². The molecule has 0 bridgehead atoms. The van der Waals surface area contributed by atoms with E-state index in [-0.39, 0.29) is 0 Å². The smallest absolute Gasteiger partial charge is 0.0687 e. The topological polar surface area (TPSA) is 35.2 Å². The van der Waals surface area contributed by atoms with Gasteiger partial charge in [0, 0.05) is 4.75 Å². The van der Waals surface area contributed by atoms with Crippen LogP contribution in [0.1, 0.15) is 27.2 Å². The molecule has 0 aliphatic heterocycles. The minimum absolute atomic E-state index is 0.370. The molecule has 0 aromatic heterocycles. The van der Waals surface area contributed by atoms with Crippen molar-refractivity contribution >= 4 is 11.8 Å². The summed E-state index contributed by atoms with van der Waals surface area (Å²) >= 11 is 1.94. The van der Waals surface area contributed by atoms with Gasteiger partial charge in [-0.25, -0.2) is 5.90 Å². The molecular weight excluding hydrogens is 146 g/mol. The second kappa shape index (κ2) is 4.99. The number of nitrogens with two attached hydrogens (primary N) is 1. The molecule has 62 valence electrons. The summed E-state index contributed by atoms with van der Waals surface area (Å²) in [4.78, 5) is 4.44. The number of hydrogen-bond donors (Lipinski definition) is 1. The Kier molecular flexibility index (Phi) is 5.13. The third-order valence-electron chi connectivity index (χ3n) is 0.942. The largest absolute Gasteiger partial charge is 0.305 e. The zero-order valence-electron chi connectivity index (χ0n) is 7.02. The Hall–Kier alpha value is 0.270. The van der Waals surface area contributed by atoms with E-state index in [1.165, 1.54) is 0 Å². The molecule has 0 rings (SSSR count). The van der Waals surface area contributed by atoms with Crippen LogP contribution in [0.2, 0.25) is 0 Å². The third-order valence-corrected chi connectivity index (χ3v) is 2.30. The van der Waals surface area contributed by atoms with Crippen LogP contribution in [0.15, 0.2) is 0 Å². The second-order valence-electron chi connectivity index (χ2n) is 3.19. The molecule has 2 N–H and O–H groups in total. The molecule has 2 nitrogen and oxygen atoms in total. The number of rotatable bonds is 4. The highest BCUT2D eigenvalue weighted by Crippen LogP contribution is 2.23. The molecule has 10 heavy (non-hydrogen) atoms. The van der Waals surface area contributed by atoms with E-state index in [4.69, 9.17) is 5.90 Å². The van der Waals surface area contributed by atoms with E-state index in [9.17, 15) is 0 Å². The first-order valence-electron chi connectivity index (χ1n) is 3.52. The molecule has 0 radical (unpaired) electrons. The van der Waals surface area contributed by atoms with Crippen LogP contribution in [-0.4, -0.2) is 17.1 Å². The van der Waals surface area contributed by atoms with Crippen molar-refractivity contribution in [1.82, 2.24) is 0 Å². The Morgan fingerprint density at radius 1 is 1.40 bits per heavy atom. The van der Waals surface area contributed by atoms with Crippen LogP contribution in [0.3, 0.4) is 0 Å². The Morgan fingerprint density at radius 3 is 2.40 bits per heavy atom. The standard InChI is InChI=1S/C7H17NOS/c1-7(2,3)10-6-4-5-9-8/h4-6,8H2,1-3H3. The van der Waals surface area contributed by atoms with Crippen molar-refractivity contribution in [2.75, 3.05) is 12.4 Å². The van der Waals surface area contributed by atoms with Gasteiger partial charge >= 0.3 is 0 Å². The lowest BCUT2D eigenvalue weighted by Gasteiger charge is -2.16. The average molecular weight is 163 g/mol. The van der Waals surface area contributed by atoms with Gasteiger partial charge in [0.2, 0.25) is 0 Å². The lowest BCUT2D eigenvalue weighted by molar-refractivity contribution is 0.139. The SMILES string of the molecule is CC(C)(C)SCCCON. The van der Waals surface area contributed by atoms with Crippen molar-refractivity contribution in [3.63, 3.8) is 0 Å². The summed E-state index contributed by atoms with van der Waals surface area (Å²) in [6.07, 6.45) is 1.04. The maximum absolute atomic E-state index is 4.87. The van der Waals surface area contributed by atoms with Gasteiger partial charge in [0.15, 0.2) is 0 Å². The van der Waals surface area contributed by atoms with Crippen LogP contribution in [0.5, 0.6) is 0 Å². The Bertz CT molecular complexity index is 80.2. The highest BCUT2D eigenvalue weighted by molar-refractivity contribution is 8.00. The Balaban J connectivity index is 3.04. The van der Waals surface area contributed by atoms with Gasteiger partial charge < -0.3 is 4.84 Å². The summed E-state index contributed by atoms with van der Waals surface area (Å²) in [5.41, 5.74) is 0. The van der Waals surface area contributed by atoms with Crippen LogP contribution in [0, 0.1) is 0 Å². The summed E-state index contributed by atoms with van der Waals surface area (Å²) in [6.45, 7) is 7.30. The summed E-state index contributed by atoms with van der Waals surface area (Å²) in [7, 11) is 0. The molecule has 0 saturated carbocycles. The molecule has 0 atom stereocenters. The highest BCUT2D eigenvalue weighted by atomic mass is 32.2. The first-order chi connectivity index (χ1) is 4.56. The minimum Gasteiger partial charge on any atom is -0.305 e. The van der Waals surface area contributed by atoms with Crippen molar-refractivity contribution < 1.29 is 4.84 Å². The Labute approximate surface area is 67.5 Å². The zero-order valence-corrected chi connectivity index (χ0v) is 7.83. The van der Waals surface area contributed by atoms with Gasteiger partial charge in [-0.05, 0) is 12.2 Å². The molecule has 0 spiro atoms. The fourth-order valence-electron chi connectivity index (χ4n) is 0.521. The normalized spacial score (nSPS) is 12.0. The second-order valence-corrected chi connectivity index (χ2v) is 5.11. The highest BCUT2D eigenvalue weighted by Gasteiger charge is 2.08. The first kappa shape index (κ1) is 10.3. The van der Waals surface area contributed by atoms with E-state index in [2.05, 4.69) is 25.6 Å². The maximum Gasteiger partial charge on any atom is 0.0687 e. The molecule has 3 heteroatoms. The van der Waals surface area contributed by atoms with Crippen LogP contribution in [-0.2, 0) is 4.84 Å². The van der Waals surface area contributed by atoms with Crippen molar-refractivity contribution in [2.45, 2.75) is 31.9 Å². The summed E-state index contributed by atoms with van der Waals surface area (Å²) in [5.74, 6) is 5.99. The van der Waals surface area contributed by atoms with Crippen molar-refractivity contribution in [1.29, 1.82) is 0 Å². The van der Waals surface area contributed by atoms with Gasteiger partial charge in [0.05, 0.1) is 6.61 Å². The summed E-state index contributed by atoms with van der Waals surface area (Å²) in [6, 6.07) is 0. The van der Waals surface area contributed by atoms with Crippen molar-refractivity contribution in [2.24, 2.45) is 5.90 Å². The average Bonchev–Trinajstić information content (AvgIpc) is 1.78. The lowest BCUT2D eigenvalue weighted by Crippen LogP contribution is -2.09. The van der Waals surface area contributed by atoms with Gasteiger partial charge in [-0.3, -0.25) is 0 Å². The monoisotopic (exact) mass is 163 g/mol. The predicted molar refractivity (Wildman–Crippen MR) is 47.0 cm³/mol. The minimum atomic E-state index is 0.370. The molecule has 0 saturated heterocycles. The fraction of sp³-hybridized carbons (Fsp3) is 1.00. The number of thioether (sulfide) groups is 1. The fourth-order valence-corrected chi connectivity index (χ4v) is 1.40. The van der Waals surface area contributed by atoms with E-state index in [1.54, 1.807) is 0 Å². The molecule has 0 aromatic carbocycles. The lowest BCUT2D eigenvalue weighted by atomic mass is 10.3. The molecular formula is C7H17NOS. The Morgan fingerprint density at radius 2 is 2.00 bits per heavy atom. The molecule has 0 aliphatic rings. The van der Waals surface area contributed by atoms with Gasteiger partial charge in [-0.1, -0.05) is 20.8 Å². The van der Waals surface area contributed by atoms with E-state index in [0.29, 0.717) is 11.4 Å². The van der Waals surface area contributed by atoms with E-state index >= 15 is 0 Å². The molecule has 0 aliphatic carbocycles. The van der Waals surface area contributed by atoms with Crippen LogP contribution in [0.25, 0.3) is 0 Å². The third kappa shape index (κ3) is 8.27. The summed E-state index contributed by atoms with van der Waals surface area (Å²) in [5, 5.41) is 0. The van der Waals surface area contributed by atoms with Crippen molar-refractivity contribution in [3.05, 3.63) is 0 Å². The van der Waals surface area contributed by atoms with Gasteiger partial charge in [-0.2, -0.15) is 11.8 Å². The van der Waals surface area contributed by atoms with Crippen LogP contribution in [0.4, 0.5) is 0 Å². The predicted octanol–water partition coefficient (Wildman–Crippen LogP) is 1.80. The molecule has 0 aromatic rings. The van der Waals surface area contributed by atoms with Gasteiger partial charge in [0.25, 0.3) is 0 Å². The molecule has 0 fully saturated rings. The molecule has 0 amide bonds. The zero-order chi connectivity index (χ0) is 8.04. The maximum atomic E-state index is 4.87. The molecule has 0 heterocycles. The number of hydrogen-bond acceptors (Lipinski definition) is 3.